The molecule has 0 fully saturated rings. The van der Waals surface area contributed by atoms with Crippen LogP contribution in [0.15, 0.2) is 24.3 Å². The Labute approximate surface area is 90.6 Å². The number of aliphatic hydroxyl groups is 1. The molecule has 0 saturated carbocycles. The highest BCUT2D eigenvalue weighted by molar-refractivity contribution is 5.33. The van der Waals surface area contributed by atoms with Gasteiger partial charge in [-0.25, -0.2) is 0 Å². The second-order valence-electron chi connectivity index (χ2n) is 3.45. The minimum absolute atomic E-state index is 0.374. The number of methoxy groups -OCH3 is 2. The second kappa shape index (κ2) is 6.43. The number of aliphatic hydroxyl groups excluding tert-OH is 1. The Hall–Kier alpha value is -1.06. The second-order valence-corrected chi connectivity index (χ2v) is 3.45. The van der Waals surface area contributed by atoms with E-state index in [2.05, 4.69) is 0 Å². The van der Waals surface area contributed by atoms with Gasteiger partial charge >= 0.3 is 0 Å². The molecule has 0 spiro atoms. The molecule has 1 aromatic rings. The standard InChI is InChI=1S/C12H18O3/c1-14-8-7-11(13)9-10-5-3-4-6-12(10)15-2/h3-6,11,13H,7-9H2,1-2H3. The Morgan fingerprint density at radius 2 is 2.00 bits per heavy atom. The summed E-state index contributed by atoms with van der Waals surface area (Å²) in [5.41, 5.74) is 1.03. The Bertz CT molecular complexity index is 286. The van der Waals surface area contributed by atoms with Gasteiger partial charge in [0.25, 0.3) is 0 Å². The normalized spacial score (nSPS) is 12.5. The fourth-order valence-corrected chi connectivity index (χ4v) is 1.48. The average Bonchev–Trinajstić information content (AvgIpc) is 2.27. The number of hydrogen-bond donors (Lipinski definition) is 1. The lowest BCUT2D eigenvalue weighted by molar-refractivity contribution is 0.109. The average molecular weight is 210 g/mol. The van der Waals surface area contributed by atoms with Gasteiger partial charge in [-0.05, 0) is 18.1 Å². The smallest absolute Gasteiger partial charge is 0.122 e. The van der Waals surface area contributed by atoms with Crippen LogP contribution in [0.4, 0.5) is 0 Å². The van der Waals surface area contributed by atoms with Crippen molar-refractivity contribution in [1.82, 2.24) is 0 Å². The zero-order valence-electron chi connectivity index (χ0n) is 9.27. The number of para-hydroxylation sites is 1. The number of hydrogen-bond acceptors (Lipinski definition) is 3. The van der Waals surface area contributed by atoms with Gasteiger partial charge in [-0.2, -0.15) is 0 Å². The molecule has 1 aromatic carbocycles. The van der Waals surface area contributed by atoms with Crippen molar-refractivity contribution in [3.63, 3.8) is 0 Å². The van der Waals surface area contributed by atoms with Crippen LogP contribution in [0, 0.1) is 0 Å². The molecule has 0 aliphatic heterocycles. The third kappa shape index (κ3) is 3.90. The van der Waals surface area contributed by atoms with Crippen molar-refractivity contribution >= 4 is 0 Å². The third-order valence-electron chi connectivity index (χ3n) is 2.30. The Morgan fingerprint density at radius 3 is 2.67 bits per heavy atom. The van der Waals surface area contributed by atoms with E-state index in [-0.39, 0.29) is 6.10 Å². The molecule has 1 N–H and O–H groups in total. The molecule has 3 nitrogen and oxygen atoms in total. The zero-order chi connectivity index (χ0) is 11.1. The van der Waals surface area contributed by atoms with Gasteiger partial charge < -0.3 is 14.6 Å². The predicted molar refractivity (Wildman–Crippen MR) is 59.2 cm³/mol. The van der Waals surface area contributed by atoms with Gasteiger partial charge in [-0.15, -0.1) is 0 Å². The van der Waals surface area contributed by atoms with Crippen molar-refractivity contribution in [3.05, 3.63) is 29.8 Å². The maximum absolute atomic E-state index is 9.72. The van der Waals surface area contributed by atoms with Crippen molar-refractivity contribution in [1.29, 1.82) is 0 Å². The largest absolute Gasteiger partial charge is 0.496 e. The van der Waals surface area contributed by atoms with E-state index in [0.717, 1.165) is 11.3 Å². The van der Waals surface area contributed by atoms with E-state index in [1.54, 1.807) is 14.2 Å². The Balaban J connectivity index is 2.55. The van der Waals surface area contributed by atoms with Crippen LogP contribution in [-0.4, -0.2) is 32.0 Å². The summed E-state index contributed by atoms with van der Waals surface area (Å²) >= 11 is 0. The van der Waals surface area contributed by atoms with Crippen LogP contribution >= 0.6 is 0 Å². The van der Waals surface area contributed by atoms with E-state index < -0.39 is 0 Å². The maximum Gasteiger partial charge on any atom is 0.122 e. The van der Waals surface area contributed by atoms with Gasteiger partial charge in [0.2, 0.25) is 0 Å². The first-order valence-electron chi connectivity index (χ1n) is 5.06. The lowest BCUT2D eigenvalue weighted by Crippen LogP contribution is -2.13. The molecule has 0 bridgehead atoms. The SMILES string of the molecule is COCCC(O)Cc1ccccc1OC. The van der Waals surface area contributed by atoms with Gasteiger partial charge in [0, 0.05) is 20.1 Å². The lowest BCUT2D eigenvalue weighted by Gasteiger charge is -2.12. The summed E-state index contributed by atoms with van der Waals surface area (Å²) in [7, 11) is 3.27. The summed E-state index contributed by atoms with van der Waals surface area (Å²) < 4.78 is 10.1. The summed E-state index contributed by atoms with van der Waals surface area (Å²) in [5, 5.41) is 9.72. The molecule has 0 radical (unpaired) electrons. The van der Waals surface area contributed by atoms with Crippen molar-refractivity contribution in [2.45, 2.75) is 18.9 Å². The van der Waals surface area contributed by atoms with Gasteiger partial charge in [-0.1, -0.05) is 18.2 Å². The molecule has 1 unspecified atom stereocenters. The number of rotatable bonds is 6. The monoisotopic (exact) mass is 210 g/mol. The minimum atomic E-state index is -0.374. The molecule has 15 heavy (non-hydrogen) atoms. The van der Waals surface area contributed by atoms with Gasteiger partial charge in [0.1, 0.15) is 5.75 Å². The molecule has 0 heterocycles. The van der Waals surface area contributed by atoms with Crippen LogP contribution in [0.1, 0.15) is 12.0 Å². The van der Waals surface area contributed by atoms with E-state index in [9.17, 15) is 5.11 Å². The van der Waals surface area contributed by atoms with Crippen molar-refractivity contribution < 1.29 is 14.6 Å². The molecular weight excluding hydrogens is 192 g/mol. The molecule has 0 saturated heterocycles. The van der Waals surface area contributed by atoms with Crippen molar-refractivity contribution in [3.8, 4) is 5.75 Å². The van der Waals surface area contributed by atoms with E-state index in [0.29, 0.717) is 19.4 Å². The van der Waals surface area contributed by atoms with Crippen LogP contribution < -0.4 is 4.74 Å². The van der Waals surface area contributed by atoms with Gasteiger partial charge in [-0.3, -0.25) is 0 Å². The topological polar surface area (TPSA) is 38.7 Å². The first-order valence-corrected chi connectivity index (χ1v) is 5.06. The zero-order valence-corrected chi connectivity index (χ0v) is 9.27. The van der Waals surface area contributed by atoms with Crippen LogP contribution in [0.3, 0.4) is 0 Å². The summed E-state index contributed by atoms with van der Waals surface area (Å²) in [6.45, 7) is 0.580. The fraction of sp³-hybridized carbons (Fsp3) is 0.500. The van der Waals surface area contributed by atoms with E-state index in [1.165, 1.54) is 0 Å². The molecule has 84 valence electrons. The van der Waals surface area contributed by atoms with Crippen LogP contribution in [0.5, 0.6) is 5.75 Å². The molecular formula is C12H18O3. The maximum atomic E-state index is 9.72. The molecule has 1 atom stereocenters. The highest BCUT2D eigenvalue weighted by Gasteiger charge is 2.08. The van der Waals surface area contributed by atoms with E-state index in [4.69, 9.17) is 9.47 Å². The quantitative estimate of drug-likeness (QED) is 0.775. The minimum Gasteiger partial charge on any atom is -0.496 e. The lowest BCUT2D eigenvalue weighted by atomic mass is 10.1. The molecule has 0 aromatic heterocycles. The van der Waals surface area contributed by atoms with Crippen molar-refractivity contribution in [2.75, 3.05) is 20.8 Å². The molecule has 3 heteroatoms. The number of benzene rings is 1. The highest BCUT2D eigenvalue weighted by atomic mass is 16.5. The highest BCUT2D eigenvalue weighted by Crippen LogP contribution is 2.19. The van der Waals surface area contributed by atoms with Crippen LogP contribution in [0.2, 0.25) is 0 Å². The summed E-state index contributed by atoms with van der Waals surface area (Å²) in [4.78, 5) is 0. The Morgan fingerprint density at radius 1 is 1.27 bits per heavy atom. The summed E-state index contributed by atoms with van der Waals surface area (Å²) in [6.07, 6.45) is 0.878. The van der Waals surface area contributed by atoms with Gasteiger partial charge in [0.15, 0.2) is 0 Å². The molecule has 1 rings (SSSR count). The Kier molecular flexibility index (Phi) is 5.15. The van der Waals surface area contributed by atoms with Crippen LogP contribution in [0.25, 0.3) is 0 Å². The number of ether oxygens (including phenoxy) is 2. The molecule has 0 amide bonds. The summed E-state index contributed by atoms with van der Waals surface area (Å²) in [5.74, 6) is 0.828. The molecule has 0 aliphatic rings. The molecule has 0 aliphatic carbocycles. The van der Waals surface area contributed by atoms with E-state index in [1.807, 2.05) is 24.3 Å². The third-order valence-corrected chi connectivity index (χ3v) is 2.30. The summed E-state index contributed by atoms with van der Waals surface area (Å²) in [6, 6.07) is 7.73. The van der Waals surface area contributed by atoms with Gasteiger partial charge in [0.05, 0.1) is 13.2 Å². The predicted octanol–water partition coefficient (Wildman–Crippen LogP) is 1.64. The first-order chi connectivity index (χ1) is 7.27. The van der Waals surface area contributed by atoms with Crippen molar-refractivity contribution in [2.24, 2.45) is 0 Å². The fourth-order valence-electron chi connectivity index (χ4n) is 1.48. The van der Waals surface area contributed by atoms with Crippen LogP contribution in [-0.2, 0) is 11.2 Å². The van der Waals surface area contributed by atoms with E-state index >= 15 is 0 Å². The first kappa shape index (κ1) is 12.0.